The quantitative estimate of drug-likeness (QED) is 0.544. The molecule has 2 N–H and O–H groups in total. The highest BCUT2D eigenvalue weighted by atomic mass is 16.4. The van der Waals surface area contributed by atoms with Crippen LogP contribution in [0.5, 0.6) is 0 Å². The van der Waals surface area contributed by atoms with Crippen molar-refractivity contribution in [3.05, 3.63) is 78.0 Å². The smallest absolute Gasteiger partial charge is 0.407 e. The van der Waals surface area contributed by atoms with E-state index < -0.39 is 12.1 Å². The fraction of sp³-hybridized carbons (Fsp3) is 0.321. The highest BCUT2D eigenvalue weighted by Crippen LogP contribution is 2.32. The molecule has 2 aromatic carbocycles. The van der Waals surface area contributed by atoms with E-state index in [-0.39, 0.29) is 43.9 Å². The number of piperazine rings is 1. The van der Waals surface area contributed by atoms with Crippen LogP contribution in [0.15, 0.2) is 66.7 Å². The molecule has 8 nitrogen and oxygen atoms in total. The molecule has 0 spiro atoms. The first-order chi connectivity index (χ1) is 17.3. The molecule has 0 saturated carbocycles. The lowest BCUT2D eigenvalue weighted by molar-refractivity contribution is -0.123. The summed E-state index contributed by atoms with van der Waals surface area (Å²) in [4.78, 5) is 41.3. The Morgan fingerprint density at radius 2 is 1.64 bits per heavy atom. The van der Waals surface area contributed by atoms with E-state index in [1.54, 1.807) is 4.90 Å². The first-order valence-electron chi connectivity index (χ1n) is 12.2. The third-order valence-electron chi connectivity index (χ3n) is 6.36. The second kappa shape index (κ2) is 10.7. The number of amides is 3. The summed E-state index contributed by atoms with van der Waals surface area (Å²) in [5.74, 6) is -0.416. The number of hydrogen-bond donors (Lipinski definition) is 2. The zero-order valence-corrected chi connectivity index (χ0v) is 20.8. The van der Waals surface area contributed by atoms with Crippen molar-refractivity contribution < 1.29 is 19.5 Å². The van der Waals surface area contributed by atoms with E-state index in [1.807, 2.05) is 87.5 Å². The minimum absolute atomic E-state index is 0.0345. The van der Waals surface area contributed by atoms with E-state index in [9.17, 15) is 19.5 Å². The lowest BCUT2D eigenvalue weighted by Crippen LogP contribution is -2.57. The van der Waals surface area contributed by atoms with Crippen LogP contribution in [-0.2, 0) is 4.79 Å². The Kier molecular flexibility index (Phi) is 7.43. The van der Waals surface area contributed by atoms with Gasteiger partial charge in [0.1, 0.15) is 0 Å². The van der Waals surface area contributed by atoms with Crippen LogP contribution >= 0.6 is 0 Å². The van der Waals surface area contributed by atoms with Gasteiger partial charge in [0.15, 0.2) is 0 Å². The van der Waals surface area contributed by atoms with Gasteiger partial charge < -0.3 is 24.8 Å². The molecule has 1 aliphatic rings. The van der Waals surface area contributed by atoms with Crippen LogP contribution in [0.25, 0.3) is 16.9 Å². The van der Waals surface area contributed by atoms with E-state index in [1.165, 1.54) is 4.90 Å². The molecule has 3 aromatic rings. The van der Waals surface area contributed by atoms with Crippen molar-refractivity contribution in [1.29, 1.82) is 0 Å². The molecule has 3 amide bonds. The number of para-hydroxylation sites is 1. The number of nitrogens with zero attached hydrogens (tertiary/aromatic N) is 3. The maximum Gasteiger partial charge on any atom is 0.407 e. The van der Waals surface area contributed by atoms with E-state index >= 15 is 0 Å². The standard InChI is InChI=1S/C28H32N4O4/c1-19(2)29-25(33)17-23-18-30(28(35)36)14-15-31(23)27(34)24-16-20(3)32(22-12-8-5-9-13-22)26(24)21-10-6-4-7-11-21/h4-13,16,19,23H,14-15,17-18H2,1-3H3,(H,29,33)(H,35,36). The van der Waals surface area contributed by atoms with Gasteiger partial charge in [0.25, 0.3) is 5.91 Å². The van der Waals surface area contributed by atoms with Crippen LogP contribution in [0.2, 0.25) is 0 Å². The summed E-state index contributed by atoms with van der Waals surface area (Å²) in [7, 11) is 0. The highest BCUT2D eigenvalue weighted by Gasteiger charge is 2.36. The Labute approximate surface area is 211 Å². The van der Waals surface area contributed by atoms with Gasteiger partial charge >= 0.3 is 6.09 Å². The fourth-order valence-corrected chi connectivity index (χ4v) is 4.81. The minimum atomic E-state index is -1.05. The SMILES string of the molecule is Cc1cc(C(=O)N2CCN(C(=O)O)CC2CC(=O)NC(C)C)c(-c2ccccc2)n1-c1ccccc1. The zero-order chi connectivity index (χ0) is 25.8. The first-order valence-corrected chi connectivity index (χ1v) is 12.2. The fourth-order valence-electron chi connectivity index (χ4n) is 4.81. The minimum Gasteiger partial charge on any atom is -0.465 e. The lowest BCUT2D eigenvalue weighted by Gasteiger charge is -2.40. The molecule has 36 heavy (non-hydrogen) atoms. The maximum absolute atomic E-state index is 14.1. The molecule has 1 aliphatic heterocycles. The molecule has 1 saturated heterocycles. The molecule has 0 aliphatic carbocycles. The summed E-state index contributed by atoms with van der Waals surface area (Å²) in [5.41, 5.74) is 4.05. The number of hydrogen-bond acceptors (Lipinski definition) is 3. The van der Waals surface area contributed by atoms with Crippen molar-refractivity contribution in [3.63, 3.8) is 0 Å². The number of carbonyl (C=O) groups is 3. The molecule has 1 aromatic heterocycles. The van der Waals surface area contributed by atoms with Gasteiger partial charge in [-0.15, -0.1) is 0 Å². The monoisotopic (exact) mass is 488 g/mol. The topological polar surface area (TPSA) is 94.9 Å². The predicted octanol–water partition coefficient (Wildman–Crippen LogP) is 4.17. The Morgan fingerprint density at radius 1 is 1.00 bits per heavy atom. The number of benzene rings is 2. The van der Waals surface area contributed by atoms with Gasteiger partial charge in [-0.1, -0.05) is 48.5 Å². The molecule has 4 rings (SSSR count). The Hall–Kier alpha value is -4.07. The molecule has 8 heteroatoms. The van der Waals surface area contributed by atoms with Crippen molar-refractivity contribution >= 4 is 17.9 Å². The van der Waals surface area contributed by atoms with Crippen LogP contribution in [0.3, 0.4) is 0 Å². The summed E-state index contributed by atoms with van der Waals surface area (Å²) in [6.45, 7) is 6.20. The predicted molar refractivity (Wildman–Crippen MR) is 138 cm³/mol. The molecule has 1 unspecified atom stereocenters. The van der Waals surface area contributed by atoms with Crippen LogP contribution in [0.1, 0.15) is 36.3 Å². The normalized spacial score (nSPS) is 15.7. The second-order valence-electron chi connectivity index (χ2n) is 9.39. The van der Waals surface area contributed by atoms with Crippen LogP contribution in [0, 0.1) is 6.92 Å². The largest absolute Gasteiger partial charge is 0.465 e. The van der Waals surface area contributed by atoms with Crippen molar-refractivity contribution in [1.82, 2.24) is 19.7 Å². The number of carboxylic acid groups (broad SMARTS) is 1. The van der Waals surface area contributed by atoms with Crippen molar-refractivity contribution in [2.45, 2.75) is 39.3 Å². The second-order valence-corrected chi connectivity index (χ2v) is 9.39. The van der Waals surface area contributed by atoms with Crippen LogP contribution in [-0.4, -0.2) is 69.1 Å². The first kappa shape index (κ1) is 25.0. The third-order valence-corrected chi connectivity index (χ3v) is 6.36. The molecule has 1 fully saturated rings. The van der Waals surface area contributed by atoms with Gasteiger partial charge in [-0.05, 0) is 44.5 Å². The van der Waals surface area contributed by atoms with E-state index in [0.717, 1.165) is 22.6 Å². The van der Waals surface area contributed by atoms with Crippen LogP contribution in [0.4, 0.5) is 4.79 Å². The van der Waals surface area contributed by atoms with Gasteiger partial charge in [0.05, 0.1) is 17.3 Å². The summed E-state index contributed by atoms with van der Waals surface area (Å²) in [5, 5.41) is 12.4. The summed E-state index contributed by atoms with van der Waals surface area (Å²) in [6.07, 6.45) is -1.01. The number of aryl methyl sites for hydroxylation is 1. The number of nitrogens with one attached hydrogen (secondary N) is 1. The maximum atomic E-state index is 14.1. The molecule has 0 radical (unpaired) electrons. The van der Waals surface area contributed by atoms with Crippen molar-refractivity contribution in [3.8, 4) is 16.9 Å². The van der Waals surface area contributed by atoms with Crippen molar-refractivity contribution in [2.75, 3.05) is 19.6 Å². The lowest BCUT2D eigenvalue weighted by atomic mass is 10.0. The highest BCUT2D eigenvalue weighted by molar-refractivity contribution is 6.01. The molecule has 1 atom stereocenters. The number of aromatic nitrogens is 1. The van der Waals surface area contributed by atoms with Gasteiger partial charge in [0.2, 0.25) is 5.91 Å². The Balaban J connectivity index is 1.76. The molecular formula is C28H32N4O4. The van der Waals surface area contributed by atoms with E-state index in [2.05, 4.69) is 9.88 Å². The Morgan fingerprint density at radius 3 is 2.25 bits per heavy atom. The van der Waals surface area contributed by atoms with Gasteiger partial charge in [0, 0.05) is 43.5 Å². The molecule has 2 heterocycles. The zero-order valence-electron chi connectivity index (χ0n) is 20.8. The van der Waals surface area contributed by atoms with Crippen LogP contribution < -0.4 is 5.32 Å². The van der Waals surface area contributed by atoms with E-state index in [4.69, 9.17) is 0 Å². The summed E-state index contributed by atoms with van der Waals surface area (Å²) in [6, 6.07) is 20.9. The van der Waals surface area contributed by atoms with Gasteiger partial charge in [-0.3, -0.25) is 9.59 Å². The Bertz CT molecular complexity index is 1240. The van der Waals surface area contributed by atoms with Gasteiger partial charge in [-0.2, -0.15) is 0 Å². The molecular weight excluding hydrogens is 456 g/mol. The van der Waals surface area contributed by atoms with Gasteiger partial charge in [-0.25, -0.2) is 4.79 Å². The number of rotatable bonds is 6. The number of carbonyl (C=O) groups excluding carboxylic acids is 2. The average molecular weight is 489 g/mol. The summed E-state index contributed by atoms with van der Waals surface area (Å²) < 4.78 is 2.07. The van der Waals surface area contributed by atoms with E-state index in [0.29, 0.717) is 5.56 Å². The van der Waals surface area contributed by atoms with Crippen molar-refractivity contribution in [2.24, 2.45) is 0 Å². The summed E-state index contributed by atoms with van der Waals surface area (Å²) >= 11 is 0. The molecule has 188 valence electrons. The molecule has 0 bridgehead atoms. The average Bonchev–Trinajstić information content (AvgIpc) is 3.21. The third kappa shape index (κ3) is 5.27.